The van der Waals surface area contributed by atoms with E-state index in [1.165, 1.54) is 0 Å². The number of carbonyl (C=O) groups excluding carboxylic acids is 1. The minimum absolute atomic E-state index is 0.00698. The summed E-state index contributed by atoms with van der Waals surface area (Å²) in [5.41, 5.74) is 10.3. The van der Waals surface area contributed by atoms with Crippen LogP contribution in [0.3, 0.4) is 0 Å². The van der Waals surface area contributed by atoms with E-state index in [4.69, 9.17) is 9.97 Å². The Balaban J connectivity index is 1.87. The van der Waals surface area contributed by atoms with Gasteiger partial charge in [-0.2, -0.15) is 0 Å². The molecule has 0 spiro atoms. The zero-order valence-corrected chi connectivity index (χ0v) is 30.5. The third-order valence-electron chi connectivity index (χ3n) is 10.3. The summed E-state index contributed by atoms with van der Waals surface area (Å²) in [6, 6.07) is 5.92. The summed E-state index contributed by atoms with van der Waals surface area (Å²) in [5, 5.41) is 26.6. The third-order valence-corrected chi connectivity index (χ3v) is 10.3. The first-order valence-electron chi connectivity index (χ1n) is 17.9. The predicted octanol–water partition coefficient (Wildman–Crippen LogP) is 6.95. The van der Waals surface area contributed by atoms with Crippen molar-refractivity contribution in [2.45, 2.75) is 91.9 Å². The number of allylic oxidation sites excluding steroid dienone is 1. The molecule has 0 fully saturated rings. The molecule has 11 heteroatoms. The molecular formula is C40H50N6O5. The molecule has 0 saturated heterocycles. The van der Waals surface area contributed by atoms with Gasteiger partial charge in [0, 0.05) is 70.2 Å². The van der Waals surface area contributed by atoms with E-state index in [-0.39, 0.29) is 42.4 Å². The minimum Gasteiger partial charge on any atom is -0.481 e. The zero-order chi connectivity index (χ0) is 37.0. The molecule has 270 valence electrons. The second-order valence-corrected chi connectivity index (χ2v) is 13.5. The Hall–Kier alpha value is -5.03. The van der Waals surface area contributed by atoms with Gasteiger partial charge in [-0.3, -0.25) is 14.6 Å². The number of aliphatic carboxylic acids is 2. The molecule has 2 atom stereocenters. The Kier molecular flexibility index (Phi) is 11.6. The fourth-order valence-electron chi connectivity index (χ4n) is 7.32. The van der Waals surface area contributed by atoms with Crippen molar-refractivity contribution in [3.8, 4) is 0 Å². The first-order chi connectivity index (χ1) is 24.4. The number of aromatic amines is 2. The molecule has 0 radical (unpaired) electrons. The number of nitrogens with zero attached hydrogens (tertiary/aromatic N) is 2. The van der Waals surface area contributed by atoms with E-state index in [1.54, 1.807) is 6.92 Å². The number of aromatic nitrogens is 4. The fraction of sp³-hybridized carbons (Fsp3) is 0.425. The maximum Gasteiger partial charge on any atom is 0.338 e. The summed E-state index contributed by atoms with van der Waals surface area (Å²) in [7, 11) is 0. The van der Waals surface area contributed by atoms with Gasteiger partial charge in [0.1, 0.15) is 0 Å². The summed E-state index contributed by atoms with van der Waals surface area (Å²) in [6.45, 7) is 18.0. The number of rotatable bonds is 14. The standard InChI is InChI=1S/C40H50N6O5/c1-8-11-14-41-15-16-42-35(47)17-28-38-27(12-13-36(48)49)23(6)31(45-38)18-29-21(4)25(9-2)33(43-29)19-30-22(5)26(10-3)34(44-30)20-32-24(7)37(40(50)51)39(28)46-32/h9,18-20,23,27,41,43-44H,2,8,10-17H2,1,3-7H3,(H,42,47)(H,48,49)(H,50,51). The Morgan fingerprint density at radius 1 is 0.922 bits per heavy atom. The van der Waals surface area contributed by atoms with Gasteiger partial charge in [-0.05, 0) is 87.0 Å². The van der Waals surface area contributed by atoms with Gasteiger partial charge in [0.25, 0.3) is 0 Å². The normalized spacial score (nSPS) is 15.6. The Morgan fingerprint density at radius 3 is 2.31 bits per heavy atom. The Morgan fingerprint density at radius 2 is 1.65 bits per heavy atom. The van der Waals surface area contributed by atoms with Crippen molar-refractivity contribution in [2.24, 2.45) is 0 Å². The lowest BCUT2D eigenvalue weighted by Gasteiger charge is -2.18. The van der Waals surface area contributed by atoms with Gasteiger partial charge in [-0.25, -0.2) is 9.78 Å². The monoisotopic (exact) mass is 694 g/mol. The maximum absolute atomic E-state index is 13.6. The van der Waals surface area contributed by atoms with Crippen LogP contribution in [0.4, 0.5) is 0 Å². The molecule has 2 aliphatic heterocycles. The second kappa shape index (κ2) is 15.9. The number of aryl methyl sites for hydroxylation is 3. The van der Waals surface area contributed by atoms with Crippen LogP contribution in [-0.4, -0.2) is 67.6 Å². The van der Waals surface area contributed by atoms with Crippen molar-refractivity contribution in [3.05, 3.63) is 75.4 Å². The molecule has 3 aromatic heterocycles. The lowest BCUT2D eigenvalue weighted by molar-refractivity contribution is -0.137. The van der Waals surface area contributed by atoms with E-state index in [0.717, 1.165) is 70.1 Å². The summed E-state index contributed by atoms with van der Waals surface area (Å²) in [5.74, 6) is -3.02. The molecule has 11 nitrogen and oxygen atoms in total. The number of H-pyrrole nitrogens is 2. The number of carboxylic acids is 2. The highest BCUT2D eigenvalue weighted by atomic mass is 16.4. The number of carbonyl (C=O) groups is 3. The number of amides is 1. The summed E-state index contributed by atoms with van der Waals surface area (Å²) < 4.78 is 0. The van der Waals surface area contributed by atoms with Crippen LogP contribution in [0.2, 0.25) is 0 Å². The van der Waals surface area contributed by atoms with E-state index in [2.05, 4.69) is 54.0 Å². The van der Waals surface area contributed by atoms with Crippen LogP contribution < -0.4 is 10.6 Å². The first-order valence-corrected chi connectivity index (χ1v) is 17.9. The highest BCUT2D eigenvalue weighted by molar-refractivity contribution is 6.24. The van der Waals surface area contributed by atoms with Crippen molar-refractivity contribution >= 4 is 57.1 Å². The van der Waals surface area contributed by atoms with E-state index in [1.807, 2.05) is 32.1 Å². The average molecular weight is 695 g/mol. The molecule has 51 heavy (non-hydrogen) atoms. The van der Waals surface area contributed by atoms with Crippen LogP contribution in [0.1, 0.15) is 116 Å². The van der Waals surface area contributed by atoms with Crippen molar-refractivity contribution in [1.82, 2.24) is 30.6 Å². The largest absolute Gasteiger partial charge is 0.481 e. The number of unbranched alkanes of at least 4 members (excludes halogenated alkanes) is 1. The van der Waals surface area contributed by atoms with E-state index < -0.39 is 17.9 Å². The Labute approximate surface area is 298 Å². The van der Waals surface area contributed by atoms with Crippen molar-refractivity contribution in [2.75, 3.05) is 19.6 Å². The van der Waals surface area contributed by atoms with Gasteiger partial charge in [0.15, 0.2) is 0 Å². The molecule has 1 amide bonds. The smallest absolute Gasteiger partial charge is 0.338 e. The SMILES string of the molecule is C=Cc1c(C)c2cc3nc(c(CC(=O)NCCNCCCC)c4nc(cc5[nH]c(cc1[nH]2)c(C)c5CC)C(C)=C4C(=O)O)C(CCC(=O)O)C3C. The zero-order valence-electron chi connectivity index (χ0n) is 30.5. The summed E-state index contributed by atoms with van der Waals surface area (Å²) >= 11 is 0. The van der Waals surface area contributed by atoms with Gasteiger partial charge in [-0.15, -0.1) is 0 Å². The lowest BCUT2D eigenvalue weighted by Crippen LogP contribution is -2.33. The quantitative estimate of drug-likeness (QED) is 0.0984. The van der Waals surface area contributed by atoms with Gasteiger partial charge in [-0.1, -0.05) is 39.8 Å². The molecule has 0 saturated carbocycles. The molecule has 3 aromatic rings. The molecule has 0 aliphatic carbocycles. The molecule has 6 N–H and O–H groups in total. The second-order valence-electron chi connectivity index (χ2n) is 13.5. The number of fused-ring (bicyclic) bond motifs is 8. The predicted molar refractivity (Wildman–Crippen MR) is 203 cm³/mol. The van der Waals surface area contributed by atoms with Crippen molar-refractivity contribution in [3.63, 3.8) is 0 Å². The number of hydrogen-bond donors (Lipinski definition) is 6. The highest BCUT2D eigenvalue weighted by Crippen LogP contribution is 2.43. The van der Waals surface area contributed by atoms with Crippen molar-refractivity contribution in [1.29, 1.82) is 0 Å². The van der Waals surface area contributed by atoms with Gasteiger partial charge in [0.05, 0.1) is 29.1 Å². The molecule has 5 rings (SSSR count). The fourth-order valence-corrected chi connectivity index (χ4v) is 7.32. The highest BCUT2D eigenvalue weighted by Gasteiger charge is 2.35. The molecule has 8 bridgehead atoms. The molecule has 5 heterocycles. The van der Waals surface area contributed by atoms with E-state index >= 15 is 0 Å². The third kappa shape index (κ3) is 7.68. The minimum atomic E-state index is -1.16. The van der Waals surface area contributed by atoms with E-state index in [0.29, 0.717) is 41.3 Å². The van der Waals surface area contributed by atoms with Gasteiger partial charge in [0.2, 0.25) is 5.91 Å². The molecule has 0 aromatic carbocycles. The van der Waals surface area contributed by atoms with E-state index in [9.17, 15) is 24.6 Å². The van der Waals surface area contributed by atoms with Crippen LogP contribution in [0.15, 0.2) is 24.8 Å². The summed E-state index contributed by atoms with van der Waals surface area (Å²) in [6.07, 6.45) is 4.65. The molecular weight excluding hydrogens is 644 g/mol. The number of nitrogens with one attached hydrogen (secondary N) is 4. The first kappa shape index (κ1) is 37.2. The van der Waals surface area contributed by atoms with Crippen LogP contribution in [-0.2, 0) is 27.2 Å². The number of hydrogen-bond acceptors (Lipinski definition) is 6. The molecule has 2 aliphatic rings. The lowest BCUT2D eigenvalue weighted by atomic mass is 9.84. The van der Waals surface area contributed by atoms with Gasteiger partial charge >= 0.3 is 11.9 Å². The maximum atomic E-state index is 13.6. The van der Waals surface area contributed by atoms with Gasteiger partial charge < -0.3 is 30.8 Å². The van der Waals surface area contributed by atoms with Crippen LogP contribution >= 0.6 is 0 Å². The molecule has 2 unspecified atom stereocenters. The summed E-state index contributed by atoms with van der Waals surface area (Å²) in [4.78, 5) is 55.7. The van der Waals surface area contributed by atoms with Crippen LogP contribution in [0, 0.1) is 13.8 Å². The van der Waals surface area contributed by atoms with Crippen LogP contribution in [0.5, 0.6) is 0 Å². The van der Waals surface area contributed by atoms with Crippen molar-refractivity contribution < 1.29 is 24.6 Å². The average Bonchev–Trinajstić information content (AvgIpc) is 3.77. The number of carboxylic acid groups (broad SMARTS) is 2. The Bertz CT molecular complexity index is 2070. The van der Waals surface area contributed by atoms with Crippen LogP contribution in [0.25, 0.3) is 39.3 Å². The topological polar surface area (TPSA) is 173 Å².